The van der Waals surface area contributed by atoms with Crippen LogP contribution in [0.4, 0.5) is 10.5 Å². The smallest absolute Gasteiger partial charge is 0.409 e. The Morgan fingerprint density at radius 1 is 1.45 bits per heavy atom. The molecule has 1 N–H and O–H groups in total. The lowest BCUT2D eigenvalue weighted by Crippen LogP contribution is -2.36. The van der Waals surface area contributed by atoms with Crippen molar-refractivity contribution in [2.45, 2.75) is 31.6 Å². The van der Waals surface area contributed by atoms with Crippen LogP contribution in [0, 0.1) is 0 Å². The molecule has 1 saturated heterocycles. The summed E-state index contributed by atoms with van der Waals surface area (Å²) in [6.07, 6.45) is 2.85. The van der Waals surface area contributed by atoms with E-state index in [1.165, 1.54) is 11.3 Å². The lowest BCUT2D eigenvalue weighted by atomic mass is 9.82. The van der Waals surface area contributed by atoms with Gasteiger partial charge in [-0.25, -0.2) is 4.79 Å². The van der Waals surface area contributed by atoms with Crippen LogP contribution < -0.4 is 5.32 Å². The van der Waals surface area contributed by atoms with E-state index in [1.807, 2.05) is 4.90 Å². The summed E-state index contributed by atoms with van der Waals surface area (Å²) >= 11 is 0. The van der Waals surface area contributed by atoms with Crippen molar-refractivity contribution in [2.75, 3.05) is 31.6 Å². The van der Waals surface area contributed by atoms with Gasteiger partial charge in [-0.3, -0.25) is 0 Å². The third-order valence-corrected chi connectivity index (χ3v) is 4.45. The van der Waals surface area contributed by atoms with Gasteiger partial charge >= 0.3 is 6.09 Å². The molecule has 1 aromatic rings. The number of amides is 1. The third kappa shape index (κ3) is 2.23. The first-order chi connectivity index (χ1) is 9.75. The van der Waals surface area contributed by atoms with Crippen molar-refractivity contribution in [3.8, 4) is 0 Å². The highest BCUT2D eigenvalue weighted by Crippen LogP contribution is 2.43. The second kappa shape index (κ2) is 5.35. The van der Waals surface area contributed by atoms with Gasteiger partial charge in [0, 0.05) is 30.7 Å². The second-order valence-electron chi connectivity index (χ2n) is 5.82. The highest BCUT2D eigenvalue weighted by atomic mass is 16.6. The summed E-state index contributed by atoms with van der Waals surface area (Å²) in [6.45, 7) is 5.11. The van der Waals surface area contributed by atoms with Crippen LogP contribution in [0.1, 0.15) is 31.7 Å². The molecule has 1 spiro atoms. The number of nitrogens with zero attached hydrogens (tertiary/aromatic N) is 1. The molecular weight excluding hydrogens is 252 g/mol. The maximum Gasteiger partial charge on any atom is 0.409 e. The average Bonchev–Trinajstić information content (AvgIpc) is 3.06. The van der Waals surface area contributed by atoms with Gasteiger partial charge in [0.2, 0.25) is 0 Å². The van der Waals surface area contributed by atoms with E-state index in [2.05, 4.69) is 36.5 Å². The third-order valence-electron chi connectivity index (χ3n) is 4.45. The zero-order valence-corrected chi connectivity index (χ0v) is 12.0. The van der Waals surface area contributed by atoms with Gasteiger partial charge in [-0.15, -0.1) is 0 Å². The van der Waals surface area contributed by atoms with Crippen LogP contribution in [-0.2, 0) is 10.2 Å². The van der Waals surface area contributed by atoms with Crippen LogP contribution in [0.5, 0.6) is 0 Å². The van der Waals surface area contributed by atoms with Crippen molar-refractivity contribution < 1.29 is 9.53 Å². The molecule has 1 fully saturated rings. The Morgan fingerprint density at radius 2 is 2.30 bits per heavy atom. The molecule has 0 aliphatic carbocycles. The van der Waals surface area contributed by atoms with E-state index >= 15 is 0 Å². The molecule has 0 bridgehead atoms. The average molecular weight is 274 g/mol. The zero-order chi connectivity index (χ0) is 14.0. The Bertz CT molecular complexity index is 503. The van der Waals surface area contributed by atoms with Crippen LogP contribution in [0.3, 0.4) is 0 Å². The van der Waals surface area contributed by atoms with Gasteiger partial charge in [0.1, 0.15) is 0 Å². The van der Waals surface area contributed by atoms with Crippen LogP contribution in [-0.4, -0.2) is 37.2 Å². The summed E-state index contributed by atoms with van der Waals surface area (Å²) in [5.41, 5.74) is 2.65. The summed E-state index contributed by atoms with van der Waals surface area (Å²) in [5, 5.41) is 3.47. The number of para-hydroxylation sites is 1. The normalized spacial score (nSPS) is 23.8. The lowest BCUT2D eigenvalue weighted by Gasteiger charge is -2.24. The molecule has 2 heterocycles. The predicted molar refractivity (Wildman–Crippen MR) is 79.1 cm³/mol. The van der Waals surface area contributed by atoms with Gasteiger partial charge in [0.05, 0.1) is 6.61 Å². The monoisotopic (exact) mass is 274 g/mol. The van der Waals surface area contributed by atoms with Gasteiger partial charge in [0.15, 0.2) is 0 Å². The molecule has 0 saturated carbocycles. The van der Waals surface area contributed by atoms with Crippen molar-refractivity contribution in [2.24, 2.45) is 0 Å². The molecule has 2 aliphatic heterocycles. The van der Waals surface area contributed by atoms with Crippen molar-refractivity contribution in [1.29, 1.82) is 0 Å². The maximum atomic E-state index is 12.1. The highest BCUT2D eigenvalue weighted by Gasteiger charge is 2.45. The minimum atomic E-state index is -0.153. The molecule has 1 atom stereocenters. The minimum Gasteiger partial charge on any atom is -0.449 e. The van der Waals surface area contributed by atoms with Crippen molar-refractivity contribution >= 4 is 11.8 Å². The van der Waals surface area contributed by atoms with Crippen molar-refractivity contribution in [3.05, 3.63) is 29.8 Å². The quantitative estimate of drug-likeness (QED) is 0.862. The Labute approximate surface area is 120 Å². The Balaban J connectivity index is 1.67. The first-order valence-corrected chi connectivity index (χ1v) is 7.50. The number of nitrogens with one attached hydrogen (secondary N) is 1. The predicted octanol–water partition coefficient (Wildman–Crippen LogP) is 2.99. The fraction of sp³-hybridized carbons (Fsp3) is 0.562. The number of likely N-dealkylation sites (tertiary alicyclic amines) is 1. The van der Waals surface area contributed by atoms with Gasteiger partial charge in [-0.2, -0.15) is 0 Å². The van der Waals surface area contributed by atoms with E-state index in [-0.39, 0.29) is 11.5 Å². The standard InChI is InChI=1S/C16H22N2O2/c1-2-3-10-20-15(19)18-9-8-16(12-18)11-17-14-7-5-4-6-13(14)16/h4-7,17H,2-3,8-12H2,1H3. The van der Waals surface area contributed by atoms with Gasteiger partial charge in [-0.1, -0.05) is 31.5 Å². The lowest BCUT2D eigenvalue weighted by molar-refractivity contribution is 0.107. The molecule has 108 valence electrons. The van der Waals surface area contributed by atoms with Gasteiger partial charge in [-0.05, 0) is 24.5 Å². The molecule has 4 heteroatoms. The fourth-order valence-electron chi connectivity index (χ4n) is 3.25. The van der Waals surface area contributed by atoms with E-state index in [4.69, 9.17) is 4.74 Å². The Morgan fingerprint density at radius 3 is 3.15 bits per heavy atom. The largest absolute Gasteiger partial charge is 0.449 e. The van der Waals surface area contributed by atoms with Crippen molar-refractivity contribution in [3.63, 3.8) is 0 Å². The number of ether oxygens (including phenoxy) is 1. The molecule has 3 rings (SSSR count). The molecule has 0 radical (unpaired) electrons. The molecule has 4 nitrogen and oxygen atoms in total. The molecular formula is C16H22N2O2. The molecule has 1 aromatic carbocycles. The van der Waals surface area contributed by atoms with Crippen molar-refractivity contribution in [1.82, 2.24) is 4.90 Å². The SMILES string of the molecule is CCCCOC(=O)N1CCC2(CNc3ccccc32)C1. The Hall–Kier alpha value is -1.71. The summed E-state index contributed by atoms with van der Waals surface area (Å²) in [6, 6.07) is 8.43. The first kappa shape index (κ1) is 13.3. The van der Waals surface area contributed by atoms with E-state index in [0.717, 1.165) is 38.9 Å². The van der Waals surface area contributed by atoms with Crippen LogP contribution in [0.15, 0.2) is 24.3 Å². The molecule has 2 aliphatic rings. The highest BCUT2D eigenvalue weighted by molar-refractivity contribution is 5.70. The molecule has 0 aromatic heterocycles. The number of benzene rings is 1. The second-order valence-corrected chi connectivity index (χ2v) is 5.82. The van der Waals surface area contributed by atoms with Gasteiger partial charge < -0.3 is 15.0 Å². The summed E-state index contributed by atoms with van der Waals surface area (Å²) < 4.78 is 5.32. The molecule has 20 heavy (non-hydrogen) atoms. The van der Waals surface area contributed by atoms with E-state index in [9.17, 15) is 4.79 Å². The van der Waals surface area contributed by atoms with Crippen LogP contribution >= 0.6 is 0 Å². The number of rotatable bonds is 3. The number of hydrogen-bond donors (Lipinski definition) is 1. The number of hydrogen-bond acceptors (Lipinski definition) is 3. The van der Waals surface area contributed by atoms with Gasteiger partial charge in [0.25, 0.3) is 0 Å². The van der Waals surface area contributed by atoms with E-state index in [0.29, 0.717) is 6.61 Å². The topological polar surface area (TPSA) is 41.6 Å². The molecule has 1 unspecified atom stereocenters. The van der Waals surface area contributed by atoms with Crippen LogP contribution in [0.2, 0.25) is 0 Å². The summed E-state index contributed by atoms with van der Waals surface area (Å²) in [7, 11) is 0. The summed E-state index contributed by atoms with van der Waals surface area (Å²) in [5.74, 6) is 0. The van der Waals surface area contributed by atoms with Crippen LogP contribution in [0.25, 0.3) is 0 Å². The number of unbranched alkanes of at least 4 members (excludes halogenated alkanes) is 1. The number of carbonyl (C=O) groups excluding carboxylic acids is 1. The Kier molecular flexibility index (Phi) is 3.55. The zero-order valence-electron chi connectivity index (χ0n) is 12.0. The molecule has 1 amide bonds. The number of fused-ring (bicyclic) bond motifs is 2. The van der Waals surface area contributed by atoms with E-state index in [1.54, 1.807) is 0 Å². The first-order valence-electron chi connectivity index (χ1n) is 7.50. The maximum absolute atomic E-state index is 12.1. The number of anilines is 1. The fourth-order valence-corrected chi connectivity index (χ4v) is 3.25. The number of carbonyl (C=O) groups is 1. The summed E-state index contributed by atoms with van der Waals surface area (Å²) in [4.78, 5) is 13.9. The van der Waals surface area contributed by atoms with E-state index < -0.39 is 0 Å². The minimum absolute atomic E-state index is 0.0837.